The monoisotopic (exact) mass is 335 g/mol. The molecule has 5 rings (SSSR count). The Morgan fingerprint density at radius 2 is 1.38 bits per heavy atom. The van der Waals surface area contributed by atoms with Crippen LogP contribution in [-0.2, 0) is 0 Å². The maximum Gasteiger partial charge on any atom is 0.135 e. The molecule has 26 heavy (non-hydrogen) atoms. The fourth-order valence-electron chi connectivity index (χ4n) is 3.55. The highest BCUT2D eigenvalue weighted by Gasteiger charge is 2.11. The fraction of sp³-hybridized carbons (Fsp3) is 0.0417. The quantitative estimate of drug-likeness (QED) is 0.362. The Labute approximate surface area is 151 Å². The molecule has 0 fully saturated rings. The van der Waals surface area contributed by atoms with Gasteiger partial charge in [-0.3, -0.25) is 4.98 Å². The van der Waals surface area contributed by atoms with E-state index in [9.17, 15) is 0 Å². The predicted octanol–water partition coefficient (Wildman–Crippen LogP) is 6.62. The number of nitrogens with zero attached hydrogens (tertiary/aromatic N) is 1. The van der Waals surface area contributed by atoms with Crippen molar-refractivity contribution in [1.82, 2.24) is 4.98 Å². The topological polar surface area (TPSA) is 26.0 Å². The predicted molar refractivity (Wildman–Crippen MR) is 107 cm³/mol. The number of furan rings is 1. The molecule has 0 bridgehead atoms. The smallest absolute Gasteiger partial charge is 0.135 e. The number of pyridine rings is 1. The van der Waals surface area contributed by atoms with E-state index in [1.165, 1.54) is 27.8 Å². The first-order chi connectivity index (χ1) is 12.8. The Kier molecular flexibility index (Phi) is 3.36. The third-order valence-corrected chi connectivity index (χ3v) is 4.91. The van der Waals surface area contributed by atoms with Crippen molar-refractivity contribution in [2.75, 3.05) is 0 Å². The lowest BCUT2D eigenvalue weighted by atomic mass is 9.99. The van der Waals surface area contributed by atoms with Crippen LogP contribution in [0, 0.1) is 6.92 Å². The first-order valence-electron chi connectivity index (χ1n) is 8.72. The minimum Gasteiger partial charge on any atom is -0.456 e. The van der Waals surface area contributed by atoms with Crippen molar-refractivity contribution in [3.8, 4) is 22.3 Å². The number of hydrogen-bond acceptors (Lipinski definition) is 2. The van der Waals surface area contributed by atoms with E-state index in [0.717, 1.165) is 21.9 Å². The van der Waals surface area contributed by atoms with Crippen molar-refractivity contribution in [2.45, 2.75) is 6.92 Å². The van der Waals surface area contributed by atoms with Gasteiger partial charge in [0, 0.05) is 23.2 Å². The summed E-state index contributed by atoms with van der Waals surface area (Å²) >= 11 is 0. The second-order valence-electron chi connectivity index (χ2n) is 6.58. The number of hydrogen-bond donors (Lipinski definition) is 0. The maximum atomic E-state index is 6.05. The van der Waals surface area contributed by atoms with Crippen molar-refractivity contribution < 1.29 is 4.42 Å². The Bertz CT molecular complexity index is 1240. The molecule has 2 heteroatoms. The van der Waals surface area contributed by atoms with E-state index in [2.05, 4.69) is 78.6 Å². The Morgan fingerprint density at radius 1 is 0.692 bits per heavy atom. The van der Waals surface area contributed by atoms with Crippen LogP contribution >= 0.6 is 0 Å². The molecule has 124 valence electrons. The summed E-state index contributed by atoms with van der Waals surface area (Å²) in [5.41, 5.74) is 7.81. The van der Waals surface area contributed by atoms with Crippen LogP contribution < -0.4 is 0 Å². The number of fused-ring (bicyclic) bond motifs is 3. The van der Waals surface area contributed by atoms with Crippen molar-refractivity contribution in [3.05, 3.63) is 90.8 Å². The molecule has 2 aromatic heterocycles. The van der Waals surface area contributed by atoms with Gasteiger partial charge in [0.1, 0.15) is 11.2 Å². The first kappa shape index (κ1) is 14.9. The van der Waals surface area contributed by atoms with Crippen LogP contribution in [0.5, 0.6) is 0 Å². The van der Waals surface area contributed by atoms with Crippen molar-refractivity contribution in [3.63, 3.8) is 0 Å². The summed E-state index contributed by atoms with van der Waals surface area (Å²) in [6.45, 7) is 2.09. The standard InChI is InChI=1S/C24H17NO/c1-16-15-25-12-11-20(16)19-8-10-24-22(14-19)21-13-18(7-9-23(21)26-24)17-5-3-2-4-6-17/h2-15H,1H3. The molecule has 0 saturated heterocycles. The SMILES string of the molecule is Cc1cnccc1-c1ccc2oc3ccc(-c4ccccc4)cc3c2c1. The summed E-state index contributed by atoms with van der Waals surface area (Å²) in [6, 6.07) is 25.3. The Balaban J connectivity index is 1.74. The molecular formula is C24H17NO. The third-order valence-electron chi connectivity index (χ3n) is 4.91. The lowest BCUT2D eigenvalue weighted by Crippen LogP contribution is -1.84. The second-order valence-corrected chi connectivity index (χ2v) is 6.58. The van der Waals surface area contributed by atoms with Gasteiger partial charge in [0.05, 0.1) is 0 Å². The molecule has 0 unspecified atom stereocenters. The minimum absolute atomic E-state index is 0.917. The molecule has 0 amide bonds. The van der Waals surface area contributed by atoms with Crippen LogP contribution in [-0.4, -0.2) is 4.98 Å². The summed E-state index contributed by atoms with van der Waals surface area (Å²) in [5.74, 6) is 0. The molecule has 2 nitrogen and oxygen atoms in total. The highest BCUT2D eigenvalue weighted by atomic mass is 16.3. The summed E-state index contributed by atoms with van der Waals surface area (Å²) in [7, 11) is 0. The van der Waals surface area contributed by atoms with Crippen molar-refractivity contribution in [2.24, 2.45) is 0 Å². The van der Waals surface area contributed by atoms with Crippen LogP contribution in [0.3, 0.4) is 0 Å². The van der Waals surface area contributed by atoms with Crippen LogP contribution in [0.15, 0.2) is 89.6 Å². The third kappa shape index (κ3) is 2.39. The molecule has 2 heterocycles. The van der Waals surface area contributed by atoms with E-state index < -0.39 is 0 Å². The van der Waals surface area contributed by atoms with Gasteiger partial charge in [-0.15, -0.1) is 0 Å². The molecule has 0 spiro atoms. The van der Waals surface area contributed by atoms with E-state index in [-0.39, 0.29) is 0 Å². The number of benzene rings is 3. The van der Waals surface area contributed by atoms with E-state index in [1.807, 2.05) is 18.5 Å². The van der Waals surface area contributed by atoms with Gasteiger partial charge in [0.15, 0.2) is 0 Å². The van der Waals surface area contributed by atoms with Gasteiger partial charge in [0.25, 0.3) is 0 Å². The second kappa shape index (κ2) is 5.85. The molecular weight excluding hydrogens is 318 g/mol. The molecule has 0 saturated carbocycles. The molecule has 5 aromatic rings. The van der Waals surface area contributed by atoms with Crippen LogP contribution in [0.25, 0.3) is 44.2 Å². The molecule has 3 aromatic carbocycles. The first-order valence-corrected chi connectivity index (χ1v) is 8.72. The molecule has 0 aliphatic heterocycles. The van der Waals surface area contributed by atoms with Crippen LogP contribution in [0.2, 0.25) is 0 Å². The Hall–Kier alpha value is -3.39. The zero-order valence-electron chi connectivity index (χ0n) is 14.4. The summed E-state index contributed by atoms with van der Waals surface area (Å²) in [4.78, 5) is 4.20. The summed E-state index contributed by atoms with van der Waals surface area (Å²) in [6.07, 6.45) is 3.74. The van der Waals surface area contributed by atoms with Gasteiger partial charge < -0.3 is 4.42 Å². The molecule has 0 aliphatic carbocycles. The van der Waals surface area contributed by atoms with Gasteiger partial charge in [-0.25, -0.2) is 0 Å². The minimum atomic E-state index is 0.917. The molecule has 0 N–H and O–H groups in total. The zero-order valence-corrected chi connectivity index (χ0v) is 14.4. The number of aryl methyl sites for hydroxylation is 1. The summed E-state index contributed by atoms with van der Waals surface area (Å²) < 4.78 is 6.05. The number of aromatic nitrogens is 1. The van der Waals surface area contributed by atoms with Gasteiger partial charge in [0.2, 0.25) is 0 Å². The van der Waals surface area contributed by atoms with Crippen molar-refractivity contribution >= 4 is 21.9 Å². The van der Waals surface area contributed by atoms with E-state index >= 15 is 0 Å². The zero-order chi connectivity index (χ0) is 17.5. The average molecular weight is 335 g/mol. The summed E-state index contributed by atoms with van der Waals surface area (Å²) in [5, 5.41) is 2.29. The highest BCUT2D eigenvalue weighted by Crippen LogP contribution is 2.35. The average Bonchev–Trinajstić information content (AvgIpc) is 3.06. The van der Waals surface area contributed by atoms with Crippen molar-refractivity contribution in [1.29, 1.82) is 0 Å². The van der Waals surface area contributed by atoms with E-state index in [0.29, 0.717) is 0 Å². The van der Waals surface area contributed by atoms with E-state index in [1.54, 1.807) is 0 Å². The van der Waals surface area contributed by atoms with Crippen LogP contribution in [0.4, 0.5) is 0 Å². The van der Waals surface area contributed by atoms with E-state index in [4.69, 9.17) is 4.42 Å². The van der Waals surface area contributed by atoms with Gasteiger partial charge in [-0.1, -0.05) is 42.5 Å². The molecule has 0 radical (unpaired) electrons. The maximum absolute atomic E-state index is 6.05. The highest BCUT2D eigenvalue weighted by molar-refractivity contribution is 6.07. The lowest BCUT2D eigenvalue weighted by molar-refractivity contribution is 0.669. The lowest BCUT2D eigenvalue weighted by Gasteiger charge is -2.05. The molecule has 0 aliphatic rings. The normalized spacial score (nSPS) is 11.3. The number of rotatable bonds is 2. The molecule has 0 atom stereocenters. The largest absolute Gasteiger partial charge is 0.456 e. The van der Waals surface area contributed by atoms with Gasteiger partial charge in [-0.05, 0) is 65.1 Å². The fourth-order valence-corrected chi connectivity index (χ4v) is 3.55. The Morgan fingerprint density at radius 3 is 2.12 bits per heavy atom. The van der Waals surface area contributed by atoms with Crippen LogP contribution in [0.1, 0.15) is 5.56 Å². The van der Waals surface area contributed by atoms with Gasteiger partial charge in [-0.2, -0.15) is 0 Å². The van der Waals surface area contributed by atoms with Gasteiger partial charge >= 0.3 is 0 Å².